The molecule has 1 aromatic rings. The Balaban J connectivity index is 2.30. The van der Waals surface area contributed by atoms with Crippen LogP contribution in [0, 0.1) is 0 Å². The summed E-state index contributed by atoms with van der Waals surface area (Å²) in [6.45, 7) is 5.92. The fourth-order valence-corrected chi connectivity index (χ4v) is 3.18. The predicted octanol–water partition coefficient (Wildman–Crippen LogP) is 4.30. The van der Waals surface area contributed by atoms with Crippen molar-refractivity contribution < 1.29 is 19.4 Å². The van der Waals surface area contributed by atoms with Gasteiger partial charge in [-0.3, -0.25) is 4.79 Å². The molecule has 2 atom stereocenters. The standard InChI is InChI=1S/C18H24ClNO4/c1-18(2,3)24-17(23)20-11-5-4-6-14(20)15(16(21)22)12-7-9-13(19)10-8-12/h7-10,14-15H,4-6,11H2,1-3H3,(H,21,22)/t14?,15-/m0/s1. The molecule has 1 amide bonds. The molecular formula is C18H24ClNO4. The third-order valence-electron chi connectivity index (χ3n) is 4.06. The van der Waals surface area contributed by atoms with Gasteiger partial charge in [0.15, 0.2) is 0 Å². The summed E-state index contributed by atoms with van der Waals surface area (Å²) in [5.74, 6) is -1.74. The molecule has 0 aliphatic carbocycles. The molecule has 5 nitrogen and oxygen atoms in total. The van der Waals surface area contributed by atoms with Gasteiger partial charge in [-0.05, 0) is 57.7 Å². The van der Waals surface area contributed by atoms with Crippen molar-refractivity contribution in [3.05, 3.63) is 34.9 Å². The molecule has 1 saturated heterocycles. The molecule has 0 spiro atoms. The predicted molar refractivity (Wildman–Crippen MR) is 92.4 cm³/mol. The van der Waals surface area contributed by atoms with Crippen molar-refractivity contribution in [2.24, 2.45) is 0 Å². The molecule has 0 aromatic heterocycles. The van der Waals surface area contributed by atoms with E-state index in [1.165, 1.54) is 0 Å². The second-order valence-electron chi connectivity index (χ2n) is 7.10. The first-order chi connectivity index (χ1) is 11.2. The maximum atomic E-state index is 12.5. The van der Waals surface area contributed by atoms with Crippen LogP contribution in [0.15, 0.2) is 24.3 Å². The monoisotopic (exact) mass is 353 g/mol. The molecule has 0 saturated carbocycles. The Morgan fingerprint density at radius 3 is 2.42 bits per heavy atom. The number of hydrogen-bond donors (Lipinski definition) is 1. The van der Waals surface area contributed by atoms with Gasteiger partial charge in [-0.2, -0.15) is 0 Å². The number of ether oxygens (including phenoxy) is 1. The molecule has 1 aliphatic rings. The van der Waals surface area contributed by atoms with Crippen molar-refractivity contribution in [2.75, 3.05) is 6.54 Å². The topological polar surface area (TPSA) is 66.8 Å². The Morgan fingerprint density at radius 2 is 1.88 bits per heavy atom. The highest BCUT2D eigenvalue weighted by Gasteiger charge is 2.39. The van der Waals surface area contributed by atoms with E-state index in [9.17, 15) is 14.7 Å². The molecule has 1 fully saturated rings. The van der Waals surface area contributed by atoms with Gasteiger partial charge in [-0.15, -0.1) is 0 Å². The second kappa shape index (κ2) is 7.43. The number of amides is 1. The number of nitrogens with zero attached hydrogens (tertiary/aromatic N) is 1. The molecule has 24 heavy (non-hydrogen) atoms. The van der Waals surface area contributed by atoms with Gasteiger partial charge in [0.2, 0.25) is 0 Å². The van der Waals surface area contributed by atoms with Gasteiger partial charge < -0.3 is 14.7 Å². The van der Waals surface area contributed by atoms with E-state index < -0.39 is 29.6 Å². The molecule has 0 radical (unpaired) electrons. The zero-order valence-electron chi connectivity index (χ0n) is 14.3. The minimum absolute atomic E-state index is 0.424. The van der Waals surface area contributed by atoms with Crippen molar-refractivity contribution in [3.63, 3.8) is 0 Å². The fourth-order valence-electron chi connectivity index (χ4n) is 3.05. The van der Waals surface area contributed by atoms with Crippen LogP contribution in [0.3, 0.4) is 0 Å². The van der Waals surface area contributed by atoms with E-state index in [0.29, 0.717) is 23.6 Å². The number of carboxylic acids is 1. The van der Waals surface area contributed by atoms with Gasteiger partial charge in [0.1, 0.15) is 11.5 Å². The molecule has 1 aliphatic heterocycles. The third kappa shape index (κ3) is 4.63. The smallest absolute Gasteiger partial charge is 0.410 e. The lowest BCUT2D eigenvalue weighted by atomic mass is 9.85. The molecule has 132 valence electrons. The van der Waals surface area contributed by atoms with Crippen LogP contribution in [-0.2, 0) is 9.53 Å². The molecule has 2 rings (SSSR count). The quantitative estimate of drug-likeness (QED) is 0.879. The van der Waals surface area contributed by atoms with E-state index in [4.69, 9.17) is 16.3 Å². The number of halogens is 1. The van der Waals surface area contributed by atoms with E-state index in [0.717, 1.165) is 12.8 Å². The summed E-state index contributed by atoms with van der Waals surface area (Å²) < 4.78 is 5.47. The first kappa shape index (κ1) is 18.6. The molecule has 0 bridgehead atoms. The van der Waals surface area contributed by atoms with Crippen LogP contribution in [0.5, 0.6) is 0 Å². The van der Waals surface area contributed by atoms with Crippen LogP contribution in [0.4, 0.5) is 4.79 Å². The molecule has 1 aromatic carbocycles. The number of carbonyl (C=O) groups is 2. The average molecular weight is 354 g/mol. The second-order valence-corrected chi connectivity index (χ2v) is 7.54. The number of hydrogen-bond acceptors (Lipinski definition) is 3. The minimum Gasteiger partial charge on any atom is -0.481 e. The van der Waals surface area contributed by atoms with Gasteiger partial charge in [0.25, 0.3) is 0 Å². The van der Waals surface area contributed by atoms with E-state index in [-0.39, 0.29) is 0 Å². The van der Waals surface area contributed by atoms with Crippen LogP contribution >= 0.6 is 11.6 Å². The van der Waals surface area contributed by atoms with Crippen LogP contribution in [-0.4, -0.2) is 40.3 Å². The number of benzene rings is 1. The van der Waals surface area contributed by atoms with Gasteiger partial charge in [-0.1, -0.05) is 23.7 Å². The molecule has 1 N–H and O–H groups in total. The lowest BCUT2D eigenvalue weighted by molar-refractivity contribution is -0.140. The molecule has 1 heterocycles. The third-order valence-corrected chi connectivity index (χ3v) is 4.31. The maximum absolute atomic E-state index is 12.5. The summed E-state index contributed by atoms with van der Waals surface area (Å²) in [6, 6.07) is 6.35. The lowest BCUT2D eigenvalue weighted by Gasteiger charge is -2.39. The highest BCUT2D eigenvalue weighted by Crippen LogP contribution is 2.32. The van der Waals surface area contributed by atoms with Gasteiger partial charge in [0.05, 0.1) is 6.04 Å². The van der Waals surface area contributed by atoms with Crippen LogP contribution in [0.25, 0.3) is 0 Å². The van der Waals surface area contributed by atoms with Crippen LogP contribution < -0.4 is 0 Å². The van der Waals surface area contributed by atoms with Gasteiger partial charge >= 0.3 is 12.1 Å². The first-order valence-electron chi connectivity index (χ1n) is 8.17. The number of carboxylic acid groups (broad SMARTS) is 1. The SMILES string of the molecule is CC(C)(C)OC(=O)N1CCCCC1[C@@H](C(=O)O)c1ccc(Cl)cc1. The largest absolute Gasteiger partial charge is 0.481 e. The lowest BCUT2D eigenvalue weighted by Crippen LogP contribution is -2.50. The Bertz CT molecular complexity index is 594. The van der Waals surface area contributed by atoms with E-state index in [2.05, 4.69) is 0 Å². The summed E-state index contributed by atoms with van der Waals surface area (Å²) in [4.78, 5) is 26.0. The Morgan fingerprint density at radius 1 is 1.25 bits per heavy atom. The summed E-state index contributed by atoms with van der Waals surface area (Å²) in [7, 11) is 0. The van der Waals surface area contributed by atoms with Crippen molar-refractivity contribution in [1.29, 1.82) is 0 Å². The van der Waals surface area contributed by atoms with Gasteiger partial charge in [0, 0.05) is 11.6 Å². The highest BCUT2D eigenvalue weighted by atomic mass is 35.5. The van der Waals surface area contributed by atoms with E-state index in [1.54, 1.807) is 49.9 Å². The van der Waals surface area contributed by atoms with Crippen LogP contribution in [0.2, 0.25) is 5.02 Å². The number of aliphatic carboxylic acids is 1. The van der Waals surface area contributed by atoms with E-state index >= 15 is 0 Å². The number of carbonyl (C=O) groups excluding carboxylic acids is 1. The first-order valence-corrected chi connectivity index (χ1v) is 8.55. The molecule has 6 heteroatoms. The minimum atomic E-state index is -0.946. The Hall–Kier alpha value is -1.75. The van der Waals surface area contributed by atoms with Crippen LogP contribution in [0.1, 0.15) is 51.5 Å². The fraction of sp³-hybridized carbons (Fsp3) is 0.556. The maximum Gasteiger partial charge on any atom is 0.410 e. The number of rotatable bonds is 3. The zero-order chi connectivity index (χ0) is 17.9. The summed E-state index contributed by atoms with van der Waals surface area (Å²) in [5, 5.41) is 10.3. The molecular weight excluding hydrogens is 330 g/mol. The Labute approximate surface area is 147 Å². The van der Waals surface area contributed by atoms with Crippen molar-refractivity contribution in [3.8, 4) is 0 Å². The van der Waals surface area contributed by atoms with Crippen molar-refractivity contribution in [2.45, 2.75) is 57.6 Å². The summed E-state index contributed by atoms with van der Waals surface area (Å²) >= 11 is 5.90. The summed E-state index contributed by atoms with van der Waals surface area (Å²) in [6.07, 6.45) is 1.93. The average Bonchev–Trinajstić information content (AvgIpc) is 2.48. The zero-order valence-corrected chi connectivity index (χ0v) is 15.0. The normalized spacial score (nSPS) is 19.7. The van der Waals surface area contributed by atoms with Crippen molar-refractivity contribution in [1.82, 2.24) is 4.90 Å². The van der Waals surface area contributed by atoms with Crippen molar-refractivity contribution >= 4 is 23.7 Å². The summed E-state index contributed by atoms with van der Waals surface area (Å²) in [5.41, 5.74) is 0.0327. The highest BCUT2D eigenvalue weighted by molar-refractivity contribution is 6.30. The molecule has 1 unspecified atom stereocenters. The number of likely N-dealkylation sites (tertiary alicyclic amines) is 1. The van der Waals surface area contributed by atoms with Gasteiger partial charge in [-0.25, -0.2) is 4.79 Å². The number of piperidine rings is 1. The van der Waals surface area contributed by atoms with E-state index in [1.807, 2.05) is 0 Å². The Kier molecular flexibility index (Phi) is 5.75.